The Balaban J connectivity index is 2.79. The van der Waals surface area contributed by atoms with Crippen LogP contribution in [0.15, 0.2) is 15.8 Å². The van der Waals surface area contributed by atoms with Gasteiger partial charge in [0.2, 0.25) is 0 Å². The SMILES string of the molecule is CCCNCn1ncc(=O)n(CNCCC)c1=O. The number of rotatable bonds is 8. The number of hydrogen-bond donors (Lipinski definition) is 2. The molecule has 0 radical (unpaired) electrons. The minimum absolute atomic E-state index is 0.224. The molecule has 0 unspecified atom stereocenters. The molecular weight excluding hydrogens is 234 g/mol. The Kier molecular flexibility index (Phi) is 6.31. The van der Waals surface area contributed by atoms with Gasteiger partial charge in [0.1, 0.15) is 6.20 Å². The molecule has 1 aromatic heterocycles. The maximum Gasteiger partial charge on any atom is 0.349 e. The summed E-state index contributed by atoms with van der Waals surface area (Å²) in [5.74, 6) is 0. The first kappa shape index (κ1) is 14.6. The quantitative estimate of drug-likeness (QED) is 0.602. The predicted molar refractivity (Wildman–Crippen MR) is 69.3 cm³/mol. The molecule has 0 atom stereocenters. The Morgan fingerprint density at radius 2 is 1.72 bits per heavy atom. The highest BCUT2D eigenvalue weighted by Crippen LogP contribution is 1.75. The van der Waals surface area contributed by atoms with Crippen LogP contribution in [0.3, 0.4) is 0 Å². The van der Waals surface area contributed by atoms with Gasteiger partial charge in [-0.1, -0.05) is 13.8 Å². The van der Waals surface area contributed by atoms with Gasteiger partial charge in [-0.2, -0.15) is 5.10 Å². The highest BCUT2D eigenvalue weighted by Gasteiger charge is 2.05. The fourth-order valence-corrected chi connectivity index (χ4v) is 1.46. The summed E-state index contributed by atoms with van der Waals surface area (Å²) in [6, 6.07) is 0. The average Bonchev–Trinajstić information content (AvgIpc) is 2.36. The van der Waals surface area contributed by atoms with E-state index in [0.717, 1.165) is 30.5 Å². The van der Waals surface area contributed by atoms with Crippen LogP contribution in [-0.4, -0.2) is 27.4 Å². The largest absolute Gasteiger partial charge is 0.349 e. The van der Waals surface area contributed by atoms with Crippen LogP contribution in [0, 0.1) is 0 Å². The molecular formula is C11H21N5O2. The van der Waals surface area contributed by atoms with E-state index in [-0.39, 0.29) is 12.2 Å². The molecule has 0 spiro atoms. The second-order valence-corrected chi connectivity index (χ2v) is 4.01. The van der Waals surface area contributed by atoms with E-state index in [0.29, 0.717) is 6.67 Å². The number of hydrogen-bond acceptors (Lipinski definition) is 5. The van der Waals surface area contributed by atoms with Gasteiger partial charge in [-0.25, -0.2) is 14.0 Å². The summed E-state index contributed by atoms with van der Waals surface area (Å²) in [7, 11) is 0. The van der Waals surface area contributed by atoms with Crippen molar-refractivity contribution in [3.05, 3.63) is 27.0 Å². The molecule has 0 aliphatic rings. The molecule has 18 heavy (non-hydrogen) atoms. The molecule has 102 valence electrons. The van der Waals surface area contributed by atoms with Gasteiger partial charge >= 0.3 is 5.69 Å². The summed E-state index contributed by atoms with van der Waals surface area (Å²) >= 11 is 0. The van der Waals surface area contributed by atoms with E-state index in [1.807, 2.05) is 13.8 Å². The lowest BCUT2D eigenvalue weighted by atomic mass is 10.5. The topological polar surface area (TPSA) is 81.0 Å². The third-order valence-electron chi connectivity index (χ3n) is 2.41. The standard InChI is InChI=1S/C11H21N5O2/c1-3-5-12-8-15-10(17)7-14-16(11(15)18)9-13-6-4-2/h7,12-13H,3-6,8-9H2,1-2H3. The Morgan fingerprint density at radius 1 is 1.11 bits per heavy atom. The highest BCUT2D eigenvalue weighted by molar-refractivity contribution is 4.75. The minimum atomic E-state index is -0.394. The summed E-state index contributed by atoms with van der Waals surface area (Å²) in [4.78, 5) is 23.5. The average molecular weight is 255 g/mol. The molecule has 1 rings (SSSR count). The lowest BCUT2D eigenvalue weighted by Gasteiger charge is -2.09. The Labute approximate surface area is 106 Å². The monoisotopic (exact) mass is 255 g/mol. The van der Waals surface area contributed by atoms with E-state index in [1.54, 1.807) is 0 Å². The summed E-state index contributed by atoms with van der Waals surface area (Å²) in [6.07, 6.45) is 3.10. The van der Waals surface area contributed by atoms with E-state index in [2.05, 4.69) is 15.7 Å². The summed E-state index contributed by atoms with van der Waals surface area (Å²) in [6.45, 7) is 6.18. The maximum absolute atomic E-state index is 12.0. The second-order valence-electron chi connectivity index (χ2n) is 4.01. The minimum Gasteiger partial charge on any atom is -0.299 e. The van der Waals surface area contributed by atoms with Crippen molar-refractivity contribution in [2.24, 2.45) is 0 Å². The maximum atomic E-state index is 12.0. The number of nitrogens with one attached hydrogen (secondary N) is 2. The van der Waals surface area contributed by atoms with Gasteiger partial charge in [0, 0.05) is 0 Å². The van der Waals surface area contributed by atoms with Gasteiger partial charge in [0.25, 0.3) is 5.56 Å². The van der Waals surface area contributed by atoms with Crippen molar-refractivity contribution in [2.75, 3.05) is 13.1 Å². The van der Waals surface area contributed by atoms with E-state index in [4.69, 9.17) is 0 Å². The molecule has 7 heteroatoms. The van der Waals surface area contributed by atoms with Crippen molar-refractivity contribution in [1.29, 1.82) is 0 Å². The number of aromatic nitrogens is 3. The number of nitrogens with zero attached hydrogens (tertiary/aromatic N) is 3. The molecule has 7 nitrogen and oxygen atoms in total. The molecule has 0 bridgehead atoms. The van der Waals surface area contributed by atoms with Crippen LogP contribution < -0.4 is 21.9 Å². The fourth-order valence-electron chi connectivity index (χ4n) is 1.46. The van der Waals surface area contributed by atoms with Crippen molar-refractivity contribution in [3.63, 3.8) is 0 Å². The molecule has 2 N–H and O–H groups in total. The van der Waals surface area contributed by atoms with Crippen LogP contribution in [0.4, 0.5) is 0 Å². The molecule has 0 amide bonds. The lowest BCUT2D eigenvalue weighted by molar-refractivity contribution is 0.426. The van der Waals surface area contributed by atoms with E-state index < -0.39 is 5.69 Å². The zero-order valence-electron chi connectivity index (χ0n) is 11.0. The van der Waals surface area contributed by atoms with Gasteiger partial charge in [-0.15, -0.1) is 0 Å². The third-order valence-corrected chi connectivity index (χ3v) is 2.41. The van der Waals surface area contributed by atoms with Crippen molar-refractivity contribution in [3.8, 4) is 0 Å². The van der Waals surface area contributed by atoms with E-state index in [9.17, 15) is 9.59 Å². The molecule has 1 aromatic rings. The second kappa shape index (κ2) is 7.78. The molecule has 0 aliphatic carbocycles. The predicted octanol–water partition coefficient (Wildman–Crippen LogP) is -0.681. The fraction of sp³-hybridized carbons (Fsp3) is 0.727. The molecule has 1 heterocycles. The van der Waals surface area contributed by atoms with Crippen LogP contribution in [-0.2, 0) is 13.3 Å². The van der Waals surface area contributed by atoms with E-state index >= 15 is 0 Å². The molecule has 0 aromatic carbocycles. The van der Waals surface area contributed by atoms with Crippen molar-refractivity contribution in [2.45, 2.75) is 40.0 Å². The van der Waals surface area contributed by atoms with Crippen molar-refractivity contribution < 1.29 is 0 Å². The van der Waals surface area contributed by atoms with Crippen LogP contribution in [0.2, 0.25) is 0 Å². The zero-order chi connectivity index (χ0) is 13.4. The first-order valence-electron chi connectivity index (χ1n) is 6.29. The molecule has 0 aliphatic heterocycles. The van der Waals surface area contributed by atoms with Crippen LogP contribution in [0.1, 0.15) is 26.7 Å². The van der Waals surface area contributed by atoms with E-state index in [1.165, 1.54) is 10.9 Å². The van der Waals surface area contributed by atoms with Crippen molar-refractivity contribution in [1.82, 2.24) is 25.0 Å². The first-order valence-corrected chi connectivity index (χ1v) is 6.29. The molecule has 0 saturated carbocycles. The van der Waals surface area contributed by atoms with Gasteiger partial charge in [0.05, 0.1) is 13.3 Å². The molecule has 0 fully saturated rings. The Morgan fingerprint density at radius 3 is 2.33 bits per heavy atom. The van der Waals surface area contributed by atoms with Crippen LogP contribution in [0.5, 0.6) is 0 Å². The zero-order valence-corrected chi connectivity index (χ0v) is 11.0. The molecule has 0 saturated heterocycles. The lowest BCUT2D eigenvalue weighted by Crippen LogP contribution is -2.45. The normalized spacial score (nSPS) is 10.8. The third kappa shape index (κ3) is 4.08. The summed E-state index contributed by atoms with van der Waals surface area (Å²) in [5, 5.41) is 9.92. The van der Waals surface area contributed by atoms with Gasteiger partial charge in [0.15, 0.2) is 0 Å². The first-order chi connectivity index (χ1) is 8.70. The Bertz CT molecular complexity index is 465. The highest BCUT2D eigenvalue weighted by atomic mass is 16.2. The smallest absolute Gasteiger partial charge is 0.299 e. The van der Waals surface area contributed by atoms with Gasteiger partial charge in [-0.05, 0) is 25.9 Å². The Hall–Kier alpha value is -1.47. The van der Waals surface area contributed by atoms with Crippen molar-refractivity contribution >= 4 is 0 Å². The van der Waals surface area contributed by atoms with Gasteiger partial charge < -0.3 is 0 Å². The van der Waals surface area contributed by atoms with Crippen LogP contribution in [0.25, 0.3) is 0 Å². The van der Waals surface area contributed by atoms with Crippen LogP contribution >= 0.6 is 0 Å². The summed E-state index contributed by atoms with van der Waals surface area (Å²) < 4.78 is 2.40. The summed E-state index contributed by atoms with van der Waals surface area (Å²) in [5.41, 5.74) is -0.773. The van der Waals surface area contributed by atoms with Gasteiger partial charge in [-0.3, -0.25) is 15.4 Å².